The van der Waals surface area contributed by atoms with Crippen LogP contribution < -0.4 is 4.90 Å². The van der Waals surface area contributed by atoms with Crippen LogP contribution >= 0.6 is 0 Å². The molecule has 0 unspecified atom stereocenters. The SMILES string of the molecule is c1ccc(-c2ccccc2N(c2ccc(-c3cccc4ccccc34)cc2)c2ccc3c(ccc4ccc5ccccc5c43)c2)cc1. The van der Waals surface area contributed by atoms with Crippen LogP contribution in [0.25, 0.3) is 65.3 Å². The van der Waals surface area contributed by atoms with Gasteiger partial charge in [0.15, 0.2) is 0 Å². The average molecular weight is 598 g/mol. The van der Waals surface area contributed by atoms with Crippen LogP contribution in [0.2, 0.25) is 0 Å². The van der Waals surface area contributed by atoms with Crippen LogP contribution in [-0.2, 0) is 0 Å². The Morgan fingerprint density at radius 2 is 0.851 bits per heavy atom. The fourth-order valence-electron chi connectivity index (χ4n) is 7.19. The maximum atomic E-state index is 2.40. The summed E-state index contributed by atoms with van der Waals surface area (Å²) in [5.74, 6) is 0. The first-order valence-corrected chi connectivity index (χ1v) is 16.2. The van der Waals surface area contributed by atoms with E-state index in [-0.39, 0.29) is 0 Å². The molecule has 9 aromatic rings. The number of benzene rings is 9. The first-order chi connectivity index (χ1) is 23.3. The van der Waals surface area contributed by atoms with Gasteiger partial charge in [0, 0.05) is 16.9 Å². The molecule has 0 radical (unpaired) electrons. The molecule has 0 aromatic heterocycles. The van der Waals surface area contributed by atoms with Gasteiger partial charge in [-0.25, -0.2) is 0 Å². The van der Waals surface area contributed by atoms with Crippen molar-refractivity contribution in [3.63, 3.8) is 0 Å². The Morgan fingerprint density at radius 1 is 0.298 bits per heavy atom. The largest absolute Gasteiger partial charge is 0.310 e. The molecule has 0 heterocycles. The molecule has 1 heteroatoms. The Bertz CT molecular complexity index is 2560. The van der Waals surface area contributed by atoms with Crippen molar-refractivity contribution >= 4 is 60.2 Å². The molecule has 0 spiro atoms. The second-order valence-corrected chi connectivity index (χ2v) is 12.1. The molecule has 9 aromatic carbocycles. The summed E-state index contributed by atoms with van der Waals surface area (Å²) >= 11 is 0. The van der Waals surface area contributed by atoms with Crippen molar-refractivity contribution in [1.82, 2.24) is 0 Å². The smallest absolute Gasteiger partial charge is 0.0540 e. The number of hydrogen-bond acceptors (Lipinski definition) is 1. The zero-order chi connectivity index (χ0) is 31.2. The maximum absolute atomic E-state index is 2.40. The molecule has 220 valence electrons. The van der Waals surface area contributed by atoms with Crippen LogP contribution in [0.15, 0.2) is 188 Å². The maximum Gasteiger partial charge on any atom is 0.0540 e. The van der Waals surface area contributed by atoms with Gasteiger partial charge in [0.1, 0.15) is 0 Å². The topological polar surface area (TPSA) is 3.24 Å². The molecule has 9 rings (SSSR count). The van der Waals surface area contributed by atoms with Gasteiger partial charge in [-0.1, -0.05) is 158 Å². The van der Waals surface area contributed by atoms with Crippen molar-refractivity contribution in [2.45, 2.75) is 0 Å². The molecule has 0 aliphatic rings. The Hall–Kier alpha value is -6.18. The lowest BCUT2D eigenvalue weighted by molar-refractivity contribution is 1.29. The number of fused-ring (bicyclic) bond motifs is 6. The second-order valence-electron chi connectivity index (χ2n) is 12.1. The van der Waals surface area contributed by atoms with Crippen molar-refractivity contribution in [2.24, 2.45) is 0 Å². The minimum atomic E-state index is 1.11. The fraction of sp³-hybridized carbons (Fsp3) is 0. The Balaban J connectivity index is 1.24. The molecule has 0 bridgehead atoms. The van der Waals surface area contributed by atoms with Gasteiger partial charge in [-0.2, -0.15) is 0 Å². The van der Waals surface area contributed by atoms with Crippen molar-refractivity contribution < 1.29 is 0 Å². The van der Waals surface area contributed by atoms with Gasteiger partial charge in [-0.15, -0.1) is 0 Å². The summed E-state index contributed by atoms with van der Waals surface area (Å²) < 4.78 is 0. The van der Waals surface area contributed by atoms with E-state index >= 15 is 0 Å². The van der Waals surface area contributed by atoms with E-state index in [2.05, 4.69) is 193 Å². The van der Waals surface area contributed by atoms with Crippen LogP contribution in [0.1, 0.15) is 0 Å². The van der Waals surface area contributed by atoms with Gasteiger partial charge in [-0.3, -0.25) is 0 Å². The predicted molar refractivity (Wildman–Crippen MR) is 202 cm³/mol. The van der Waals surface area contributed by atoms with Crippen LogP contribution in [0.3, 0.4) is 0 Å². The summed E-state index contributed by atoms with van der Waals surface area (Å²) in [4.78, 5) is 2.40. The first kappa shape index (κ1) is 27.2. The molecule has 0 atom stereocenters. The van der Waals surface area contributed by atoms with Crippen molar-refractivity contribution in [2.75, 3.05) is 4.90 Å². The number of rotatable bonds is 5. The van der Waals surface area contributed by atoms with Crippen molar-refractivity contribution in [3.8, 4) is 22.3 Å². The zero-order valence-corrected chi connectivity index (χ0v) is 25.8. The van der Waals surface area contributed by atoms with E-state index in [1.807, 2.05) is 0 Å². The Morgan fingerprint density at radius 3 is 1.68 bits per heavy atom. The molecule has 0 amide bonds. The summed E-state index contributed by atoms with van der Waals surface area (Å²) in [5.41, 5.74) is 8.22. The quantitative estimate of drug-likeness (QED) is 0.178. The highest BCUT2D eigenvalue weighted by molar-refractivity contribution is 6.20. The number of hydrogen-bond donors (Lipinski definition) is 0. The van der Waals surface area contributed by atoms with Gasteiger partial charge in [0.25, 0.3) is 0 Å². The molecule has 0 saturated carbocycles. The number of anilines is 3. The predicted octanol–water partition coefficient (Wildman–Crippen LogP) is 13.1. The summed E-state index contributed by atoms with van der Waals surface area (Å²) in [6.07, 6.45) is 0. The highest BCUT2D eigenvalue weighted by atomic mass is 15.1. The molecule has 47 heavy (non-hydrogen) atoms. The summed E-state index contributed by atoms with van der Waals surface area (Å²) in [6, 6.07) is 68.2. The lowest BCUT2D eigenvalue weighted by Crippen LogP contribution is -2.11. The van der Waals surface area contributed by atoms with E-state index < -0.39 is 0 Å². The third kappa shape index (κ3) is 4.72. The summed E-state index contributed by atoms with van der Waals surface area (Å²) in [5, 5.41) is 10.1. The fourth-order valence-corrected chi connectivity index (χ4v) is 7.19. The molecule has 0 aliphatic heterocycles. The zero-order valence-electron chi connectivity index (χ0n) is 25.8. The molecular formula is C46H31N. The van der Waals surface area contributed by atoms with Crippen LogP contribution in [0.4, 0.5) is 17.1 Å². The molecule has 0 aliphatic carbocycles. The van der Waals surface area contributed by atoms with Gasteiger partial charge < -0.3 is 4.90 Å². The minimum Gasteiger partial charge on any atom is -0.310 e. The third-order valence-electron chi connectivity index (χ3n) is 9.42. The van der Waals surface area contributed by atoms with E-state index in [0.29, 0.717) is 0 Å². The van der Waals surface area contributed by atoms with Gasteiger partial charge in [0.2, 0.25) is 0 Å². The third-order valence-corrected chi connectivity index (χ3v) is 9.42. The van der Waals surface area contributed by atoms with Gasteiger partial charge in [-0.05, 0) is 90.1 Å². The molecule has 0 saturated heterocycles. The first-order valence-electron chi connectivity index (χ1n) is 16.2. The molecule has 0 fully saturated rings. The molecule has 1 nitrogen and oxygen atoms in total. The molecule has 0 N–H and O–H groups in total. The molecular weight excluding hydrogens is 567 g/mol. The normalized spacial score (nSPS) is 11.4. The summed E-state index contributed by atoms with van der Waals surface area (Å²) in [7, 11) is 0. The Kier molecular flexibility index (Phi) is 6.54. The van der Waals surface area contributed by atoms with E-state index in [1.165, 1.54) is 65.3 Å². The lowest BCUT2D eigenvalue weighted by atomic mass is 9.95. The average Bonchev–Trinajstić information content (AvgIpc) is 3.15. The monoisotopic (exact) mass is 597 g/mol. The van der Waals surface area contributed by atoms with Gasteiger partial charge in [0.05, 0.1) is 5.69 Å². The van der Waals surface area contributed by atoms with Crippen molar-refractivity contribution in [3.05, 3.63) is 188 Å². The van der Waals surface area contributed by atoms with E-state index in [4.69, 9.17) is 0 Å². The van der Waals surface area contributed by atoms with E-state index in [1.54, 1.807) is 0 Å². The number of para-hydroxylation sites is 1. The Labute approximate surface area is 274 Å². The van der Waals surface area contributed by atoms with Crippen LogP contribution in [-0.4, -0.2) is 0 Å². The van der Waals surface area contributed by atoms with Crippen molar-refractivity contribution in [1.29, 1.82) is 0 Å². The van der Waals surface area contributed by atoms with Crippen LogP contribution in [0.5, 0.6) is 0 Å². The highest BCUT2D eigenvalue weighted by Gasteiger charge is 2.18. The van der Waals surface area contributed by atoms with Gasteiger partial charge >= 0.3 is 0 Å². The summed E-state index contributed by atoms with van der Waals surface area (Å²) in [6.45, 7) is 0. The second kappa shape index (κ2) is 11.3. The lowest BCUT2D eigenvalue weighted by Gasteiger charge is -2.28. The highest BCUT2D eigenvalue weighted by Crippen LogP contribution is 2.43. The van der Waals surface area contributed by atoms with E-state index in [0.717, 1.165) is 17.1 Å². The number of nitrogens with zero attached hydrogens (tertiary/aromatic N) is 1. The van der Waals surface area contributed by atoms with Crippen LogP contribution in [0, 0.1) is 0 Å². The van der Waals surface area contributed by atoms with E-state index in [9.17, 15) is 0 Å². The minimum absolute atomic E-state index is 1.11. The standard InChI is InChI=1S/C46H31N/c1-2-11-33(12-3-1)42-17-8-9-20-45(42)47(38-27-25-35(26-28-38)41-19-10-15-32-13-4-6-16-40(32)41)39-29-30-44-37(31-39)24-23-36-22-21-34-14-5-7-18-43(34)46(36)44/h1-31H.